The van der Waals surface area contributed by atoms with Crippen molar-refractivity contribution in [3.8, 4) is 0 Å². The van der Waals surface area contributed by atoms with Crippen LogP contribution in [0, 0.1) is 0 Å². The zero-order valence-corrected chi connectivity index (χ0v) is 32.5. The Balaban J connectivity index is 1.57. The predicted molar refractivity (Wildman–Crippen MR) is 216 cm³/mol. The van der Waals surface area contributed by atoms with E-state index in [1.54, 1.807) is 0 Å². The number of hydrogen-bond acceptors (Lipinski definition) is 1. The Kier molecular flexibility index (Phi) is 22.2. The maximum atomic E-state index is 5.16. The molecule has 274 valence electrons. The van der Waals surface area contributed by atoms with Gasteiger partial charge in [0.1, 0.15) is 5.82 Å². The van der Waals surface area contributed by atoms with Gasteiger partial charge in [-0.15, -0.1) is 0 Å². The molecule has 0 bridgehead atoms. The number of benzene rings is 2. The summed E-state index contributed by atoms with van der Waals surface area (Å²) in [6.45, 7) is 8.24. The summed E-state index contributed by atoms with van der Waals surface area (Å²) >= 11 is 0. The fourth-order valence-corrected chi connectivity index (χ4v) is 8.13. The quantitative estimate of drug-likeness (QED) is 0.0624. The van der Waals surface area contributed by atoms with Crippen LogP contribution in [-0.4, -0.2) is 9.55 Å². The molecule has 2 aromatic carbocycles. The second-order valence-corrected chi connectivity index (χ2v) is 15.5. The molecule has 0 radical (unpaired) electrons. The Bertz CT molecular complexity index is 1150. The molecule has 2 nitrogen and oxygen atoms in total. The number of aryl methyl sites for hydroxylation is 1. The van der Waals surface area contributed by atoms with E-state index in [9.17, 15) is 0 Å². The second kappa shape index (κ2) is 26.5. The lowest BCUT2D eigenvalue weighted by Gasteiger charge is -2.39. The van der Waals surface area contributed by atoms with Gasteiger partial charge < -0.3 is 4.57 Å². The summed E-state index contributed by atoms with van der Waals surface area (Å²) in [7, 11) is 0. The van der Waals surface area contributed by atoms with E-state index < -0.39 is 0 Å². The molecule has 3 aromatic rings. The van der Waals surface area contributed by atoms with Gasteiger partial charge in [0.05, 0.1) is 0 Å². The average molecular weight is 669 g/mol. The molecule has 2 unspecified atom stereocenters. The molecule has 0 aliphatic carbocycles. The molecule has 0 amide bonds. The molecular formula is C47H76N2. The number of nitrogens with zero attached hydrogens (tertiary/aromatic N) is 2. The van der Waals surface area contributed by atoms with Gasteiger partial charge in [0.25, 0.3) is 0 Å². The number of unbranched alkanes of at least 4 members (excludes halogenated alkanes) is 22. The SMILES string of the molecule is CCCCCCCCCCCCCCCCC(c1nccn1CCCCCCCCCCCC)C(C)(Cc1ccccc1)c1ccccc1. The number of hydrogen-bond donors (Lipinski definition) is 0. The first-order chi connectivity index (χ1) is 24.2. The Morgan fingerprint density at radius 2 is 0.959 bits per heavy atom. The van der Waals surface area contributed by atoms with E-state index >= 15 is 0 Å². The third kappa shape index (κ3) is 16.5. The van der Waals surface area contributed by atoms with Crippen LogP contribution in [-0.2, 0) is 18.4 Å². The van der Waals surface area contributed by atoms with Crippen molar-refractivity contribution in [2.45, 2.75) is 206 Å². The average Bonchev–Trinajstić information content (AvgIpc) is 3.59. The zero-order chi connectivity index (χ0) is 34.7. The van der Waals surface area contributed by atoms with Crippen molar-refractivity contribution < 1.29 is 0 Å². The van der Waals surface area contributed by atoms with Crippen molar-refractivity contribution in [3.63, 3.8) is 0 Å². The molecule has 2 heteroatoms. The first-order valence-electron chi connectivity index (χ1n) is 21.3. The number of aromatic nitrogens is 2. The highest BCUT2D eigenvalue weighted by molar-refractivity contribution is 5.33. The van der Waals surface area contributed by atoms with Crippen LogP contribution in [0.1, 0.15) is 204 Å². The first kappa shape index (κ1) is 41.1. The van der Waals surface area contributed by atoms with Gasteiger partial charge in [0.2, 0.25) is 0 Å². The third-order valence-corrected chi connectivity index (χ3v) is 11.3. The maximum absolute atomic E-state index is 5.16. The van der Waals surface area contributed by atoms with Gasteiger partial charge in [-0.2, -0.15) is 0 Å². The normalized spacial score (nSPS) is 13.4. The zero-order valence-electron chi connectivity index (χ0n) is 32.5. The summed E-state index contributed by atoms with van der Waals surface area (Å²) in [6.07, 6.45) is 40.0. The third-order valence-electron chi connectivity index (χ3n) is 11.3. The van der Waals surface area contributed by atoms with Gasteiger partial charge in [-0.1, -0.05) is 229 Å². The van der Waals surface area contributed by atoms with Crippen LogP contribution in [0.5, 0.6) is 0 Å². The van der Waals surface area contributed by atoms with E-state index in [1.807, 2.05) is 0 Å². The Labute approximate surface area is 304 Å². The summed E-state index contributed by atoms with van der Waals surface area (Å²) in [6, 6.07) is 22.6. The highest BCUT2D eigenvalue weighted by Crippen LogP contribution is 2.44. The highest BCUT2D eigenvalue weighted by Gasteiger charge is 2.39. The van der Waals surface area contributed by atoms with Crippen LogP contribution in [0.15, 0.2) is 73.1 Å². The van der Waals surface area contributed by atoms with Gasteiger partial charge in [-0.05, 0) is 30.4 Å². The van der Waals surface area contributed by atoms with Gasteiger partial charge in [-0.25, -0.2) is 4.98 Å². The Hall–Kier alpha value is -2.35. The molecule has 1 heterocycles. The summed E-state index contributed by atoms with van der Waals surface area (Å²) in [5.41, 5.74) is 2.84. The fraction of sp³-hybridized carbons (Fsp3) is 0.681. The molecule has 1 aromatic heterocycles. The molecule has 3 rings (SSSR count). The molecule has 0 spiro atoms. The second-order valence-electron chi connectivity index (χ2n) is 15.5. The fourth-order valence-electron chi connectivity index (χ4n) is 8.13. The summed E-state index contributed by atoms with van der Waals surface area (Å²) in [4.78, 5) is 5.16. The summed E-state index contributed by atoms with van der Waals surface area (Å²) < 4.78 is 2.53. The predicted octanol–water partition coefficient (Wildman–Crippen LogP) is 15.0. The van der Waals surface area contributed by atoms with E-state index in [-0.39, 0.29) is 5.41 Å². The number of imidazole rings is 1. The minimum absolute atomic E-state index is 0.0277. The van der Waals surface area contributed by atoms with Crippen LogP contribution < -0.4 is 0 Å². The van der Waals surface area contributed by atoms with Gasteiger partial charge in [0.15, 0.2) is 0 Å². The van der Waals surface area contributed by atoms with Crippen molar-refractivity contribution in [2.75, 3.05) is 0 Å². The lowest BCUT2D eigenvalue weighted by Crippen LogP contribution is -2.35. The van der Waals surface area contributed by atoms with Crippen molar-refractivity contribution in [1.29, 1.82) is 0 Å². The molecule has 0 aliphatic heterocycles. The maximum Gasteiger partial charge on any atom is 0.112 e. The van der Waals surface area contributed by atoms with Crippen LogP contribution >= 0.6 is 0 Å². The molecule has 0 aliphatic rings. The minimum Gasteiger partial charge on any atom is -0.335 e. The molecule has 0 fully saturated rings. The lowest BCUT2D eigenvalue weighted by molar-refractivity contribution is 0.321. The van der Waals surface area contributed by atoms with Gasteiger partial charge >= 0.3 is 0 Å². The molecule has 49 heavy (non-hydrogen) atoms. The van der Waals surface area contributed by atoms with E-state index in [2.05, 4.69) is 98.4 Å². The van der Waals surface area contributed by atoms with Crippen molar-refractivity contribution in [2.24, 2.45) is 0 Å². The molecular weight excluding hydrogens is 593 g/mol. The van der Waals surface area contributed by atoms with E-state index in [0.29, 0.717) is 5.92 Å². The molecule has 0 N–H and O–H groups in total. The largest absolute Gasteiger partial charge is 0.335 e. The van der Waals surface area contributed by atoms with Crippen LogP contribution in [0.4, 0.5) is 0 Å². The minimum atomic E-state index is -0.0277. The van der Waals surface area contributed by atoms with E-state index in [4.69, 9.17) is 4.98 Å². The smallest absolute Gasteiger partial charge is 0.112 e. The summed E-state index contributed by atoms with van der Waals surface area (Å²) in [5.74, 6) is 1.69. The van der Waals surface area contributed by atoms with Crippen LogP contribution in [0.25, 0.3) is 0 Å². The molecule has 2 atom stereocenters. The van der Waals surface area contributed by atoms with Crippen molar-refractivity contribution >= 4 is 0 Å². The number of rotatable bonds is 31. The Morgan fingerprint density at radius 3 is 1.45 bits per heavy atom. The lowest BCUT2D eigenvalue weighted by atomic mass is 9.66. The van der Waals surface area contributed by atoms with E-state index in [0.717, 1.165) is 13.0 Å². The van der Waals surface area contributed by atoms with Gasteiger partial charge in [-0.3, -0.25) is 0 Å². The van der Waals surface area contributed by atoms with Crippen molar-refractivity contribution in [3.05, 3.63) is 90.0 Å². The Morgan fingerprint density at radius 1 is 0.531 bits per heavy atom. The molecule has 0 saturated heterocycles. The van der Waals surface area contributed by atoms with Crippen LogP contribution in [0.2, 0.25) is 0 Å². The first-order valence-corrected chi connectivity index (χ1v) is 21.3. The van der Waals surface area contributed by atoms with E-state index in [1.165, 1.54) is 177 Å². The summed E-state index contributed by atoms with van der Waals surface area (Å²) in [5, 5.41) is 0. The topological polar surface area (TPSA) is 17.8 Å². The monoisotopic (exact) mass is 669 g/mol. The molecule has 0 saturated carbocycles. The highest BCUT2D eigenvalue weighted by atomic mass is 15.1. The standard InChI is InChI=1S/C47H76N2/c1-4-6-8-10-12-14-16-17-18-19-20-22-24-32-38-45(47(3,44-36-30-27-31-37-44)42-43-34-28-26-29-35-43)46-48-39-41-49(46)40-33-25-23-21-15-13-11-9-7-5-2/h26-31,34-37,39,41,45H,4-25,32-33,38,40,42H2,1-3H3. The van der Waals surface area contributed by atoms with Gasteiger partial charge in [0, 0.05) is 30.3 Å². The van der Waals surface area contributed by atoms with Crippen LogP contribution in [0.3, 0.4) is 0 Å². The van der Waals surface area contributed by atoms with Crippen molar-refractivity contribution in [1.82, 2.24) is 9.55 Å².